The number of anilines is 1. The van der Waals surface area contributed by atoms with Crippen LogP contribution in [0, 0.1) is 24.0 Å². The van der Waals surface area contributed by atoms with E-state index in [0.717, 1.165) is 9.87 Å². The number of nitro groups is 1. The smallest absolute Gasteiger partial charge is 0.274 e. The number of nitro benzene ring substituents is 1. The third-order valence-electron chi connectivity index (χ3n) is 5.59. The molecule has 0 saturated carbocycles. The van der Waals surface area contributed by atoms with E-state index in [4.69, 9.17) is 4.74 Å². The molecule has 0 unspecified atom stereocenters. The summed E-state index contributed by atoms with van der Waals surface area (Å²) in [7, 11) is -2.53. The molecule has 0 aromatic heterocycles. The summed E-state index contributed by atoms with van der Waals surface area (Å²) in [4.78, 5) is 23.6. The van der Waals surface area contributed by atoms with Gasteiger partial charge in [0.05, 0.1) is 34.7 Å². The van der Waals surface area contributed by atoms with Crippen molar-refractivity contribution in [3.05, 3.63) is 93.5 Å². The van der Waals surface area contributed by atoms with Crippen molar-refractivity contribution >= 4 is 27.3 Å². The van der Waals surface area contributed by atoms with E-state index in [1.165, 1.54) is 44.4 Å². The number of hydrogen-bond acceptors (Lipinski definition) is 6. The molecule has 3 rings (SSSR count). The number of benzene rings is 3. The Morgan fingerprint density at radius 3 is 2.40 bits per heavy atom. The van der Waals surface area contributed by atoms with E-state index in [-0.39, 0.29) is 28.4 Å². The standard InChI is InChI=1S/C25H27N3O6S/c1-18-16-21(12-13-24(18)34-3)35(32,33)27(15-14-20-8-5-4-6-9-20)17-25(29)26-22-10-7-11-23(19(22)2)28(30)31/h4-13,16H,14-15,17H2,1-3H3,(H,26,29). The van der Waals surface area contributed by atoms with E-state index in [0.29, 0.717) is 17.7 Å². The summed E-state index contributed by atoms with van der Waals surface area (Å²) in [5, 5.41) is 13.8. The molecule has 0 saturated heterocycles. The van der Waals surface area contributed by atoms with Gasteiger partial charge in [0, 0.05) is 12.6 Å². The van der Waals surface area contributed by atoms with Crippen LogP contribution in [-0.2, 0) is 21.2 Å². The van der Waals surface area contributed by atoms with Gasteiger partial charge in [-0.1, -0.05) is 36.4 Å². The number of methoxy groups -OCH3 is 1. The predicted octanol–water partition coefficient (Wildman–Crippen LogP) is 4.09. The summed E-state index contributed by atoms with van der Waals surface area (Å²) in [5.41, 5.74) is 1.98. The molecular formula is C25H27N3O6S. The van der Waals surface area contributed by atoms with Gasteiger partial charge in [-0.25, -0.2) is 8.42 Å². The summed E-state index contributed by atoms with van der Waals surface area (Å²) in [6, 6.07) is 18.2. The number of aryl methyl sites for hydroxylation is 1. The van der Waals surface area contributed by atoms with Crippen molar-refractivity contribution in [2.75, 3.05) is 25.5 Å². The number of carbonyl (C=O) groups is 1. The highest BCUT2D eigenvalue weighted by atomic mass is 32.2. The fraction of sp³-hybridized carbons (Fsp3) is 0.240. The highest BCUT2D eigenvalue weighted by Gasteiger charge is 2.27. The number of nitrogens with one attached hydrogen (secondary N) is 1. The normalized spacial score (nSPS) is 11.3. The first-order chi connectivity index (χ1) is 16.6. The van der Waals surface area contributed by atoms with E-state index in [9.17, 15) is 23.3 Å². The van der Waals surface area contributed by atoms with Crippen LogP contribution in [0.5, 0.6) is 5.75 Å². The van der Waals surface area contributed by atoms with Gasteiger partial charge in [-0.2, -0.15) is 4.31 Å². The molecule has 3 aromatic carbocycles. The first-order valence-electron chi connectivity index (χ1n) is 10.9. The molecule has 1 N–H and O–H groups in total. The molecule has 3 aromatic rings. The summed E-state index contributed by atoms with van der Waals surface area (Å²) in [5.74, 6) is -0.0471. The van der Waals surface area contributed by atoms with Crippen LogP contribution in [-0.4, -0.2) is 43.8 Å². The van der Waals surface area contributed by atoms with Gasteiger partial charge in [0.15, 0.2) is 0 Å². The van der Waals surface area contributed by atoms with Crippen LogP contribution in [0.15, 0.2) is 71.6 Å². The van der Waals surface area contributed by atoms with Gasteiger partial charge in [-0.15, -0.1) is 0 Å². The topological polar surface area (TPSA) is 119 Å². The highest BCUT2D eigenvalue weighted by molar-refractivity contribution is 7.89. The maximum atomic E-state index is 13.5. The minimum Gasteiger partial charge on any atom is -0.496 e. The number of sulfonamides is 1. The lowest BCUT2D eigenvalue weighted by Crippen LogP contribution is -2.39. The van der Waals surface area contributed by atoms with Crippen LogP contribution in [0.3, 0.4) is 0 Å². The van der Waals surface area contributed by atoms with Crippen LogP contribution in [0.2, 0.25) is 0 Å². The van der Waals surface area contributed by atoms with E-state index in [1.54, 1.807) is 13.0 Å². The number of hydrogen-bond donors (Lipinski definition) is 1. The minimum atomic E-state index is -4.03. The zero-order valence-electron chi connectivity index (χ0n) is 19.7. The molecule has 0 fully saturated rings. The third-order valence-corrected chi connectivity index (χ3v) is 7.43. The maximum absolute atomic E-state index is 13.5. The van der Waals surface area contributed by atoms with Gasteiger partial charge >= 0.3 is 0 Å². The van der Waals surface area contributed by atoms with Crippen LogP contribution < -0.4 is 10.1 Å². The first kappa shape index (κ1) is 25.9. The lowest BCUT2D eigenvalue weighted by atomic mass is 10.1. The quantitative estimate of drug-likeness (QED) is 0.333. The number of ether oxygens (including phenoxy) is 1. The molecule has 0 aliphatic carbocycles. The van der Waals surface area contributed by atoms with Crippen LogP contribution in [0.1, 0.15) is 16.7 Å². The number of carbonyl (C=O) groups excluding carboxylic acids is 1. The Bertz CT molecular complexity index is 1330. The molecule has 0 bridgehead atoms. The maximum Gasteiger partial charge on any atom is 0.274 e. The van der Waals surface area contributed by atoms with Gasteiger partial charge in [-0.05, 0) is 55.7 Å². The fourth-order valence-corrected chi connectivity index (χ4v) is 5.13. The van der Waals surface area contributed by atoms with Crippen LogP contribution in [0.25, 0.3) is 0 Å². The molecule has 10 heteroatoms. The molecule has 1 amide bonds. The van der Waals surface area contributed by atoms with Crippen molar-refractivity contribution in [3.8, 4) is 5.75 Å². The van der Waals surface area contributed by atoms with Crippen molar-refractivity contribution in [3.63, 3.8) is 0 Å². The summed E-state index contributed by atoms with van der Waals surface area (Å²) < 4.78 is 33.4. The lowest BCUT2D eigenvalue weighted by molar-refractivity contribution is -0.385. The predicted molar refractivity (Wildman–Crippen MR) is 133 cm³/mol. The van der Waals surface area contributed by atoms with Crippen molar-refractivity contribution in [1.29, 1.82) is 0 Å². The third kappa shape index (κ3) is 6.23. The van der Waals surface area contributed by atoms with Crippen LogP contribution in [0.4, 0.5) is 11.4 Å². The first-order valence-corrected chi connectivity index (χ1v) is 12.3. The van der Waals surface area contributed by atoms with E-state index >= 15 is 0 Å². The Labute approximate surface area is 204 Å². The molecule has 0 aliphatic rings. The zero-order chi connectivity index (χ0) is 25.6. The second kappa shape index (κ2) is 11.1. The Hall–Kier alpha value is -3.76. The van der Waals surface area contributed by atoms with Crippen LogP contribution >= 0.6 is 0 Å². The Morgan fingerprint density at radius 1 is 1.06 bits per heavy atom. The van der Waals surface area contributed by atoms with E-state index < -0.39 is 27.4 Å². The monoisotopic (exact) mass is 497 g/mol. The fourth-order valence-electron chi connectivity index (χ4n) is 3.65. The van der Waals surface area contributed by atoms with Crippen molar-refractivity contribution in [2.24, 2.45) is 0 Å². The Balaban J connectivity index is 1.88. The second-order valence-corrected chi connectivity index (χ2v) is 9.90. The number of amides is 1. The minimum absolute atomic E-state index is 0.0446. The lowest BCUT2D eigenvalue weighted by Gasteiger charge is -2.22. The van der Waals surface area contributed by atoms with Crippen molar-refractivity contribution in [1.82, 2.24) is 4.31 Å². The summed E-state index contributed by atoms with van der Waals surface area (Å²) in [6.45, 7) is 2.88. The van der Waals surface area contributed by atoms with Crippen molar-refractivity contribution < 1.29 is 22.9 Å². The summed E-state index contributed by atoms with van der Waals surface area (Å²) >= 11 is 0. The zero-order valence-corrected chi connectivity index (χ0v) is 20.5. The van der Waals surface area contributed by atoms with Gasteiger partial charge in [0.25, 0.3) is 5.69 Å². The number of nitrogens with zero attached hydrogens (tertiary/aromatic N) is 2. The van der Waals surface area contributed by atoms with Gasteiger partial charge in [0.2, 0.25) is 15.9 Å². The van der Waals surface area contributed by atoms with Gasteiger partial charge in [0.1, 0.15) is 5.75 Å². The number of rotatable bonds is 10. The van der Waals surface area contributed by atoms with Gasteiger partial charge in [-0.3, -0.25) is 14.9 Å². The molecule has 0 spiro atoms. The largest absolute Gasteiger partial charge is 0.496 e. The van der Waals surface area contributed by atoms with E-state index in [1.807, 2.05) is 30.3 Å². The average Bonchev–Trinajstić information content (AvgIpc) is 2.83. The van der Waals surface area contributed by atoms with Gasteiger partial charge < -0.3 is 10.1 Å². The molecule has 0 aliphatic heterocycles. The average molecular weight is 498 g/mol. The Kier molecular flexibility index (Phi) is 8.21. The molecule has 9 nitrogen and oxygen atoms in total. The molecule has 0 heterocycles. The Morgan fingerprint density at radius 2 is 1.77 bits per heavy atom. The molecule has 35 heavy (non-hydrogen) atoms. The van der Waals surface area contributed by atoms with Crippen molar-refractivity contribution in [2.45, 2.75) is 25.2 Å². The molecular weight excluding hydrogens is 470 g/mol. The molecule has 0 atom stereocenters. The SMILES string of the molecule is COc1ccc(S(=O)(=O)N(CCc2ccccc2)CC(=O)Nc2cccc([N+](=O)[O-])c2C)cc1C. The second-order valence-electron chi connectivity index (χ2n) is 7.96. The molecule has 184 valence electrons. The molecule has 0 radical (unpaired) electrons. The highest BCUT2D eigenvalue weighted by Crippen LogP contribution is 2.26. The summed E-state index contributed by atoms with van der Waals surface area (Å²) in [6.07, 6.45) is 0.401. The van der Waals surface area contributed by atoms with E-state index in [2.05, 4.69) is 5.32 Å².